The highest BCUT2D eigenvalue weighted by Crippen LogP contribution is 2.29. The number of hydrogen-bond acceptors (Lipinski definition) is 2. The van der Waals surface area contributed by atoms with Crippen molar-refractivity contribution in [3.05, 3.63) is 35.4 Å². The van der Waals surface area contributed by atoms with E-state index in [1.165, 1.54) is 12.1 Å². The molecule has 0 bridgehead atoms. The van der Waals surface area contributed by atoms with Crippen molar-refractivity contribution in [3.8, 4) is 0 Å². The number of benzene rings is 1. The zero-order valence-corrected chi connectivity index (χ0v) is 10.4. The van der Waals surface area contributed by atoms with E-state index >= 15 is 0 Å². The number of piperazine rings is 1. The lowest BCUT2D eigenvalue weighted by Gasteiger charge is -2.32. The lowest BCUT2D eigenvalue weighted by Crippen LogP contribution is -2.43. The van der Waals surface area contributed by atoms with Crippen LogP contribution in [0.25, 0.3) is 0 Å². The minimum atomic E-state index is -4.25. The Labute approximate surface area is 105 Å². The van der Waals surface area contributed by atoms with Crippen LogP contribution in [0.3, 0.4) is 0 Å². The lowest BCUT2D eigenvalue weighted by molar-refractivity contribution is -0.137. The molecular formula is C13H17F3N2. The van der Waals surface area contributed by atoms with E-state index in [0.717, 1.165) is 37.8 Å². The molecule has 0 saturated carbocycles. The summed E-state index contributed by atoms with van der Waals surface area (Å²) in [5.74, 6) is 0. The zero-order chi connectivity index (χ0) is 13.2. The van der Waals surface area contributed by atoms with Crippen LogP contribution in [0.5, 0.6) is 0 Å². The average Bonchev–Trinajstić information content (AvgIpc) is 2.31. The molecule has 0 unspecified atom stereocenters. The van der Waals surface area contributed by atoms with Crippen LogP contribution in [0, 0.1) is 0 Å². The average molecular weight is 258 g/mol. The van der Waals surface area contributed by atoms with Gasteiger partial charge in [0.05, 0.1) is 5.56 Å². The highest BCUT2D eigenvalue weighted by molar-refractivity contribution is 5.25. The van der Waals surface area contributed by atoms with Gasteiger partial charge in [-0.2, -0.15) is 13.2 Å². The summed E-state index contributed by atoms with van der Waals surface area (Å²) in [5.41, 5.74) is 0.170. The monoisotopic (exact) mass is 258 g/mol. The van der Waals surface area contributed by atoms with Crippen molar-refractivity contribution in [1.82, 2.24) is 9.80 Å². The number of likely N-dealkylation sites (N-methyl/N-ethyl adjacent to an activating group) is 1. The summed E-state index contributed by atoms with van der Waals surface area (Å²) < 4.78 is 37.7. The Morgan fingerprint density at radius 1 is 1.11 bits per heavy atom. The van der Waals surface area contributed by atoms with Gasteiger partial charge >= 0.3 is 6.18 Å². The molecule has 1 aromatic rings. The number of hydrogen-bond donors (Lipinski definition) is 0. The highest BCUT2D eigenvalue weighted by Gasteiger charge is 2.30. The van der Waals surface area contributed by atoms with Gasteiger partial charge in [0.15, 0.2) is 0 Å². The molecular weight excluding hydrogens is 241 g/mol. The van der Waals surface area contributed by atoms with Gasteiger partial charge < -0.3 is 4.90 Å². The van der Waals surface area contributed by atoms with Crippen LogP contribution in [0.4, 0.5) is 13.2 Å². The minimum Gasteiger partial charge on any atom is -0.304 e. The van der Waals surface area contributed by atoms with E-state index in [-0.39, 0.29) is 0 Å². The van der Waals surface area contributed by atoms with Crippen molar-refractivity contribution < 1.29 is 13.2 Å². The molecule has 2 rings (SSSR count). The first-order valence-electron chi connectivity index (χ1n) is 6.02. The zero-order valence-electron chi connectivity index (χ0n) is 10.4. The Morgan fingerprint density at radius 3 is 2.39 bits per heavy atom. The summed E-state index contributed by atoms with van der Waals surface area (Å²) in [6, 6.07) is 5.60. The van der Waals surface area contributed by atoms with E-state index in [9.17, 15) is 13.2 Å². The van der Waals surface area contributed by atoms with Gasteiger partial charge in [0.1, 0.15) is 0 Å². The fourth-order valence-corrected chi connectivity index (χ4v) is 2.11. The van der Waals surface area contributed by atoms with E-state index in [0.29, 0.717) is 6.54 Å². The van der Waals surface area contributed by atoms with Crippen molar-refractivity contribution >= 4 is 0 Å². The maximum atomic E-state index is 12.6. The van der Waals surface area contributed by atoms with Crippen LogP contribution in [0.1, 0.15) is 11.1 Å². The molecule has 1 aliphatic rings. The number of halogens is 3. The quantitative estimate of drug-likeness (QED) is 0.804. The topological polar surface area (TPSA) is 6.48 Å². The Balaban J connectivity index is 2.01. The van der Waals surface area contributed by atoms with Gasteiger partial charge in [0.2, 0.25) is 0 Å². The van der Waals surface area contributed by atoms with Gasteiger partial charge in [-0.3, -0.25) is 4.90 Å². The van der Waals surface area contributed by atoms with Crippen LogP contribution in [-0.4, -0.2) is 43.0 Å². The molecule has 1 saturated heterocycles. The summed E-state index contributed by atoms with van der Waals surface area (Å²) in [4.78, 5) is 4.41. The molecule has 0 N–H and O–H groups in total. The number of nitrogens with zero attached hydrogens (tertiary/aromatic N) is 2. The first-order chi connectivity index (χ1) is 8.45. The Morgan fingerprint density at radius 2 is 1.78 bits per heavy atom. The molecule has 0 amide bonds. The molecule has 100 valence electrons. The van der Waals surface area contributed by atoms with Crippen LogP contribution < -0.4 is 0 Å². The maximum absolute atomic E-state index is 12.6. The fraction of sp³-hybridized carbons (Fsp3) is 0.538. The molecule has 0 atom stereocenters. The standard InChI is InChI=1S/C13H17F3N2/c1-17-5-7-18(8-6-17)10-11-3-2-4-12(9-11)13(14,15)16/h2-4,9H,5-8,10H2,1H3. The van der Waals surface area contributed by atoms with Crippen molar-refractivity contribution in [2.45, 2.75) is 12.7 Å². The molecule has 1 aliphatic heterocycles. The summed E-state index contributed by atoms with van der Waals surface area (Å²) >= 11 is 0. The van der Waals surface area contributed by atoms with Gasteiger partial charge in [-0.15, -0.1) is 0 Å². The van der Waals surface area contributed by atoms with E-state index < -0.39 is 11.7 Å². The smallest absolute Gasteiger partial charge is 0.304 e. The third kappa shape index (κ3) is 3.46. The number of rotatable bonds is 2. The summed E-state index contributed by atoms with van der Waals surface area (Å²) in [6.45, 7) is 4.36. The third-order valence-corrected chi connectivity index (χ3v) is 3.26. The molecule has 2 nitrogen and oxygen atoms in total. The Kier molecular flexibility index (Phi) is 3.92. The Bertz CT molecular complexity index is 395. The third-order valence-electron chi connectivity index (χ3n) is 3.26. The van der Waals surface area contributed by atoms with Crippen molar-refractivity contribution in [2.75, 3.05) is 33.2 Å². The molecule has 1 aromatic carbocycles. The molecule has 0 radical (unpaired) electrons. The van der Waals surface area contributed by atoms with Crippen LogP contribution >= 0.6 is 0 Å². The Hall–Kier alpha value is -1.07. The summed E-state index contributed by atoms with van der Waals surface area (Å²) in [6.07, 6.45) is -4.25. The largest absolute Gasteiger partial charge is 0.416 e. The van der Waals surface area contributed by atoms with Crippen LogP contribution in [0.15, 0.2) is 24.3 Å². The normalized spacial score (nSPS) is 19.1. The van der Waals surface area contributed by atoms with E-state index in [1.54, 1.807) is 6.07 Å². The van der Waals surface area contributed by atoms with Crippen molar-refractivity contribution in [3.63, 3.8) is 0 Å². The number of alkyl halides is 3. The first kappa shape index (κ1) is 13.4. The summed E-state index contributed by atoms with van der Waals surface area (Å²) in [5, 5.41) is 0. The van der Waals surface area contributed by atoms with Gasteiger partial charge in [-0.1, -0.05) is 18.2 Å². The minimum absolute atomic E-state index is 0.561. The maximum Gasteiger partial charge on any atom is 0.416 e. The molecule has 1 fully saturated rings. The fourth-order valence-electron chi connectivity index (χ4n) is 2.11. The van der Waals surface area contributed by atoms with Gasteiger partial charge in [-0.05, 0) is 18.7 Å². The van der Waals surface area contributed by atoms with E-state index in [4.69, 9.17) is 0 Å². The van der Waals surface area contributed by atoms with Crippen molar-refractivity contribution in [2.24, 2.45) is 0 Å². The second-order valence-corrected chi connectivity index (χ2v) is 4.78. The van der Waals surface area contributed by atoms with Gasteiger partial charge in [0, 0.05) is 32.7 Å². The van der Waals surface area contributed by atoms with Crippen molar-refractivity contribution in [1.29, 1.82) is 0 Å². The van der Waals surface area contributed by atoms with Crippen LogP contribution in [-0.2, 0) is 12.7 Å². The van der Waals surface area contributed by atoms with Crippen LogP contribution in [0.2, 0.25) is 0 Å². The SMILES string of the molecule is CN1CCN(Cc2cccc(C(F)(F)F)c2)CC1. The van der Waals surface area contributed by atoms with Gasteiger partial charge in [-0.25, -0.2) is 0 Å². The highest BCUT2D eigenvalue weighted by atomic mass is 19.4. The molecule has 18 heavy (non-hydrogen) atoms. The second kappa shape index (κ2) is 5.28. The predicted molar refractivity (Wildman–Crippen MR) is 64.2 cm³/mol. The van der Waals surface area contributed by atoms with Gasteiger partial charge in [0.25, 0.3) is 0 Å². The summed E-state index contributed by atoms with van der Waals surface area (Å²) in [7, 11) is 2.06. The van der Waals surface area contributed by atoms with E-state index in [2.05, 4.69) is 16.8 Å². The lowest BCUT2D eigenvalue weighted by atomic mass is 10.1. The predicted octanol–water partition coefficient (Wildman–Crippen LogP) is 2.45. The molecule has 0 aromatic heterocycles. The molecule has 5 heteroatoms. The first-order valence-corrected chi connectivity index (χ1v) is 6.02. The molecule has 0 spiro atoms. The molecule has 1 heterocycles. The second-order valence-electron chi connectivity index (χ2n) is 4.78. The molecule has 0 aliphatic carbocycles. The van der Waals surface area contributed by atoms with E-state index in [1.807, 2.05) is 0 Å².